The van der Waals surface area contributed by atoms with Crippen LogP contribution in [0, 0.1) is 11.8 Å². The van der Waals surface area contributed by atoms with Crippen LogP contribution in [0.1, 0.15) is 16.9 Å². The fraction of sp³-hybridized carbons (Fsp3) is 0.286. The van der Waals surface area contributed by atoms with Crippen LogP contribution in [0.4, 0.5) is 0 Å². The number of rotatable bonds is 3. The van der Waals surface area contributed by atoms with Gasteiger partial charge in [0.1, 0.15) is 0 Å². The lowest BCUT2D eigenvalue weighted by Gasteiger charge is -2.05. The molecule has 2 heterocycles. The Hall–Kier alpha value is -2.10. The van der Waals surface area contributed by atoms with Crippen LogP contribution in [0.25, 0.3) is 0 Å². The van der Waals surface area contributed by atoms with Crippen molar-refractivity contribution in [1.29, 1.82) is 0 Å². The van der Waals surface area contributed by atoms with E-state index in [1.807, 2.05) is 11.4 Å². The Morgan fingerprint density at radius 2 is 2.10 bits per heavy atom. The number of aromatic nitrogens is 2. The van der Waals surface area contributed by atoms with Gasteiger partial charge in [-0.15, -0.1) is 11.3 Å². The summed E-state index contributed by atoms with van der Waals surface area (Å²) in [5.74, 6) is 5.81. The van der Waals surface area contributed by atoms with Gasteiger partial charge in [-0.2, -0.15) is 0 Å². The zero-order valence-electron chi connectivity index (χ0n) is 11.0. The summed E-state index contributed by atoms with van der Waals surface area (Å²) in [6.45, 7) is 0.358. The van der Waals surface area contributed by atoms with Gasteiger partial charge < -0.3 is 14.2 Å². The van der Waals surface area contributed by atoms with Crippen molar-refractivity contribution in [2.45, 2.75) is 13.0 Å². The second kappa shape index (κ2) is 6.37. The lowest BCUT2D eigenvalue weighted by molar-refractivity contribution is 0.305. The fourth-order valence-corrected chi connectivity index (χ4v) is 2.48. The summed E-state index contributed by atoms with van der Waals surface area (Å²) in [6, 6.07) is 1.87. The minimum Gasteiger partial charge on any atom is -0.395 e. The number of aliphatic hydroxyl groups excluding tert-OH is 1. The van der Waals surface area contributed by atoms with Crippen molar-refractivity contribution in [2.24, 2.45) is 7.05 Å². The molecule has 0 atom stereocenters. The van der Waals surface area contributed by atoms with Crippen molar-refractivity contribution in [1.82, 2.24) is 9.13 Å². The first kappa shape index (κ1) is 14.3. The molecular weight excluding hydrogens is 276 g/mol. The molecule has 0 aliphatic heterocycles. The van der Waals surface area contributed by atoms with Crippen molar-refractivity contribution in [3.8, 4) is 11.8 Å². The summed E-state index contributed by atoms with van der Waals surface area (Å²) in [5.41, 5.74) is -0.259. The summed E-state index contributed by atoms with van der Waals surface area (Å²) < 4.78 is 2.64. The van der Waals surface area contributed by atoms with Crippen LogP contribution in [0.15, 0.2) is 33.4 Å². The Balaban J connectivity index is 2.31. The minimum atomic E-state index is -0.544. The van der Waals surface area contributed by atoms with Gasteiger partial charge >= 0.3 is 11.1 Å². The predicted octanol–water partition coefficient (Wildman–Crippen LogP) is 0.391. The highest BCUT2D eigenvalue weighted by atomic mass is 32.1. The van der Waals surface area contributed by atoms with Gasteiger partial charge in [-0.3, -0.25) is 9.59 Å². The van der Waals surface area contributed by atoms with E-state index < -0.39 is 11.1 Å². The standard InChI is InChI=1S/C14H14N2O3S/c1-15-6-7-16(14(19)13(15)18)10-12-11(5-9-20-12)4-2-3-8-17/h5-7,9,17H,3,8,10H2,1H3. The molecule has 1 N–H and O–H groups in total. The molecule has 0 fully saturated rings. The number of hydrogen-bond donors (Lipinski definition) is 1. The van der Waals surface area contributed by atoms with E-state index in [9.17, 15) is 9.59 Å². The van der Waals surface area contributed by atoms with E-state index in [0.717, 1.165) is 10.4 Å². The quantitative estimate of drug-likeness (QED) is 0.657. The van der Waals surface area contributed by atoms with Gasteiger partial charge in [0.25, 0.3) is 0 Å². The molecule has 2 aromatic rings. The number of aryl methyl sites for hydroxylation is 1. The first-order valence-electron chi connectivity index (χ1n) is 6.05. The topological polar surface area (TPSA) is 64.2 Å². The Morgan fingerprint density at radius 1 is 1.30 bits per heavy atom. The molecule has 6 heteroatoms. The highest BCUT2D eigenvalue weighted by Gasteiger charge is 2.07. The molecule has 0 aliphatic carbocycles. The Morgan fingerprint density at radius 3 is 2.85 bits per heavy atom. The molecule has 0 bridgehead atoms. The molecule has 0 aromatic carbocycles. The lowest BCUT2D eigenvalue weighted by atomic mass is 10.2. The monoisotopic (exact) mass is 290 g/mol. The zero-order valence-corrected chi connectivity index (χ0v) is 11.8. The van der Waals surface area contributed by atoms with Gasteiger partial charge in [0.15, 0.2) is 0 Å². The van der Waals surface area contributed by atoms with Crippen LogP contribution in [0.2, 0.25) is 0 Å². The summed E-state index contributed by atoms with van der Waals surface area (Å²) >= 11 is 1.49. The van der Waals surface area contributed by atoms with Crippen molar-refractivity contribution >= 4 is 11.3 Å². The normalized spacial score (nSPS) is 10.1. The van der Waals surface area contributed by atoms with E-state index >= 15 is 0 Å². The molecule has 0 unspecified atom stereocenters. The maximum atomic E-state index is 11.9. The third kappa shape index (κ3) is 3.07. The molecule has 0 aliphatic rings. The molecule has 0 amide bonds. The van der Waals surface area contributed by atoms with Gasteiger partial charge in [-0.1, -0.05) is 11.8 Å². The average molecular weight is 290 g/mol. The molecule has 0 saturated heterocycles. The van der Waals surface area contributed by atoms with Crippen LogP contribution in [-0.2, 0) is 13.6 Å². The van der Waals surface area contributed by atoms with E-state index in [4.69, 9.17) is 5.11 Å². The first-order valence-corrected chi connectivity index (χ1v) is 6.93. The summed E-state index contributed by atoms with van der Waals surface area (Å²) in [4.78, 5) is 24.4. The van der Waals surface area contributed by atoms with E-state index in [1.165, 1.54) is 20.5 Å². The van der Waals surface area contributed by atoms with Gasteiger partial charge in [0.05, 0.1) is 13.2 Å². The van der Waals surface area contributed by atoms with Crippen molar-refractivity contribution in [2.75, 3.05) is 6.61 Å². The zero-order chi connectivity index (χ0) is 14.5. The van der Waals surface area contributed by atoms with Crippen LogP contribution >= 0.6 is 11.3 Å². The van der Waals surface area contributed by atoms with E-state index in [-0.39, 0.29) is 6.61 Å². The van der Waals surface area contributed by atoms with Gasteiger partial charge in [0, 0.05) is 36.3 Å². The van der Waals surface area contributed by atoms with E-state index in [1.54, 1.807) is 19.4 Å². The molecule has 0 saturated carbocycles. The highest BCUT2D eigenvalue weighted by molar-refractivity contribution is 7.10. The third-order valence-corrected chi connectivity index (χ3v) is 3.66. The van der Waals surface area contributed by atoms with Crippen LogP contribution in [-0.4, -0.2) is 20.8 Å². The van der Waals surface area contributed by atoms with Gasteiger partial charge in [0.2, 0.25) is 0 Å². The average Bonchev–Trinajstić information content (AvgIpc) is 2.87. The highest BCUT2D eigenvalue weighted by Crippen LogP contribution is 2.16. The fourth-order valence-electron chi connectivity index (χ4n) is 1.66. The first-order chi connectivity index (χ1) is 9.63. The molecular formula is C14H14N2O3S. The minimum absolute atomic E-state index is 0.0284. The summed E-state index contributed by atoms with van der Waals surface area (Å²) in [5, 5.41) is 10.6. The SMILES string of the molecule is Cn1ccn(Cc2sccc2C#CCCO)c(=O)c1=O. The third-order valence-electron chi connectivity index (χ3n) is 2.75. The number of thiophene rings is 1. The Labute approximate surface area is 119 Å². The van der Waals surface area contributed by atoms with Crippen LogP contribution in [0.5, 0.6) is 0 Å². The van der Waals surface area contributed by atoms with Crippen molar-refractivity contribution in [3.05, 3.63) is 55.0 Å². The Kier molecular flexibility index (Phi) is 4.56. The summed E-state index contributed by atoms with van der Waals surface area (Å²) in [7, 11) is 1.55. The maximum Gasteiger partial charge on any atom is 0.316 e. The van der Waals surface area contributed by atoms with Gasteiger partial charge in [-0.25, -0.2) is 0 Å². The second-order valence-electron chi connectivity index (χ2n) is 4.18. The maximum absolute atomic E-state index is 11.9. The molecule has 5 nitrogen and oxygen atoms in total. The number of aliphatic hydroxyl groups is 1. The lowest BCUT2D eigenvalue weighted by Crippen LogP contribution is -2.39. The smallest absolute Gasteiger partial charge is 0.316 e. The van der Waals surface area contributed by atoms with Crippen molar-refractivity contribution < 1.29 is 5.11 Å². The molecule has 2 aromatic heterocycles. The van der Waals surface area contributed by atoms with Crippen molar-refractivity contribution in [3.63, 3.8) is 0 Å². The number of nitrogens with zero attached hydrogens (tertiary/aromatic N) is 2. The van der Waals surface area contributed by atoms with Crippen LogP contribution in [0.3, 0.4) is 0 Å². The van der Waals surface area contributed by atoms with Gasteiger partial charge in [-0.05, 0) is 11.4 Å². The number of hydrogen-bond acceptors (Lipinski definition) is 4. The largest absolute Gasteiger partial charge is 0.395 e. The Bertz CT molecular complexity index is 774. The molecule has 20 heavy (non-hydrogen) atoms. The van der Waals surface area contributed by atoms with Crippen LogP contribution < -0.4 is 11.1 Å². The second-order valence-corrected chi connectivity index (χ2v) is 5.18. The molecule has 0 radical (unpaired) electrons. The molecule has 2 rings (SSSR count). The summed E-state index contributed by atoms with van der Waals surface area (Å²) in [6.07, 6.45) is 3.57. The van der Waals surface area contributed by atoms with E-state index in [0.29, 0.717) is 13.0 Å². The molecule has 0 spiro atoms. The van der Waals surface area contributed by atoms with E-state index in [2.05, 4.69) is 11.8 Å². The molecule has 104 valence electrons. The predicted molar refractivity (Wildman–Crippen MR) is 77.9 cm³/mol.